The number of amides is 1. The first kappa shape index (κ1) is 22.4. The third-order valence-corrected chi connectivity index (χ3v) is 5.74. The lowest BCUT2D eigenvalue weighted by molar-refractivity contribution is -0.126. The summed E-state index contributed by atoms with van der Waals surface area (Å²) >= 11 is 0. The summed E-state index contributed by atoms with van der Waals surface area (Å²) in [6.45, 7) is 5.64. The molecule has 1 aliphatic rings. The number of carbonyl (C=O) groups is 1. The number of ether oxygens (including phenoxy) is 2. The molecular weight excluding hydrogens is 392 g/mol. The quantitative estimate of drug-likeness (QED) is 0.739. The lowest BCUT2D eigenvalue weighted by atomic mass is 10.1. The summed E-state index contributed by atoms with van der Waals surface area (Å²) in [5, 5.41) is 12.4. The van der Waals surface area contributed by atoms with E-state index in [9.17, 15) is 10.1 Å². The lowest BCUT2D eigenvalue weighted by Crippen LogP contribution is -2.46. The van der Waals surface area contributed by atoms with Crippen molar-refractivity contribution in [2.45, 2.75) is 25.9 Å². The van der Waals surface area contributed by atoms with Gasteiger partial charge in [0.15, 0.2) is 11.5 Å². The summed E-state index contributed by atoms with van der Waals surface area (Å²) in [5.74, 6) is 1.31. The highest BCUT2D eigenvalue weighted by molar-refractivity contribution is 5.81. The Morgan fingerprint density at radius 1 is 1.10 bits per heavy atom. The third kappa shape index (κ3) is 5.47. The molecule has 0 spiro atoms. The van der Waals surface area contributed by atoms with Crippen LogP contribution in [-0.4, -0.2) is 57.2 Å². The molecule has 0 bridgehead atoms. The summed E-state index contributed by atoms with van der Waals surface area (Å²) in [7, 11) is 3.20. The van der Waals surface area contributed by atoms with Crippen LogP contribution in [0.3, 0.4) is 0 Å². The first-order valence-electron chi connectivity index (χ1n) is 10.5. The number of nitrogens with one attached hydrogen (secondary N) is 1. The van der Waals surface area contributed by atoms with E-state index in [-0.39, 0.29) is 11.9 Å². The molecule has 1 atom stereocenters. The molecular formula is C24H30N4O3. The van der Waals surface area contributed by atoms with Gasteiger partial charge in [0.25, 0.3) is 0 Å². The van der Waals surface area contributed by atoms with E-state index in [4.69, 9.17) is 9.47 Å². The Kier molecular flexibility index (Phi) is 7.74. The first-order chi connectivity index (χ1) is 15.1. The van der Waals surface area contributed by atoms with Crippen LogP contribution in [0.5, 0.6) is 11.5 Å². The molecule has 1 fully saturated rings. The molecule has 1 N–H and O–H groups in total. The number of hydrogen-bond acceptors (Lipinski definition) is 6. The average molecular weight is 423 g/mol. The van der Waals surface area contributed by atoms with E-state index >= 15 is 0 Å². The standard InChI is InChI=1S/C24H30N4O3/c1-18(24(29)26-17-19-9-10-22(30-2)23(15-19)31-3)27-11-6-12-28(14-13-27)21-8-5-4-7-20(21)16-25/h4-5,7-10,15,18H,6,11-14,17H2,1-3H3,(H,26,29). The maximum absolute atomic E-state index is 12.8. The van der Waals surface area contributed by atoms with Gasteiger partial charge < -0.3 is 19.7 Å². The highest BCUT2D eigenvalue weighted by Crippen LogP contribution is 2.27. The monoisotopic (exact) mass is 422 g/mol. The van der Waals surface area contributed by atoms with Gasteiger partial charge in [0.05, 0.1) is 31.5 Å². The fourth-order valence-electron chi connectivity index (χ4n) is 3.90. The van der Waals surface area contributed by atoms with Crippen LogP contribution in [0.25, 0.3) is 0 Å². The predicted molar refractivity (Wildman–Crippen MR) is 120 cm³/mol. The summed E-state index contributed by atoms with van der Waals surface area (Å²) in [6, 6.07) is 15.4. The summed E-state index contributed by atoms with van der Waals surface area (Å²) in [5.41, 5.74) is 2.61. The van der Waals surface area contributed by atoms with Gasteiger partial charge in [-0.05, 0) is 43.2 Å². The van der Waals surface area contributed by atoms with Crippen LogP contribution in [0.4, 0.5) is 5.69 Å². The van der Waals surface area contributed by atoms with Gasteiger partial charge in [-0.25, -0.2) is 0 Å². The molecule has 2 aromatic rings. The SMILES string of the molecule is COc1ccc(CNC(=O)C(C)N2CCCN(c3ccccc3C#N)CC2)cc1OC. The Morgan fingerprint density at radius 2 is 1.87 bits per heavy atom. The fourth-order valence-corrected chi connectivity index (χ4v) is 3.90. The average Bonchev–Trinajstić information content (AvgIpc) is 3.08. The highest BCUT2D eigenvalue weighted by atomic mass is 16.5. The molecule has 1 aliphatic heterocycles. The van der Waals surface area contributed by atoms with Crippen molar-refractivity contribution in [1.29, 1.82) is 5.26 Å². The van der Waals surface area contributed by atoms with E-state index in [0.717, 1.165) is 43.9 Å². The fraction of sp³-hybridized carbons (Fsp3) is 0.417. The second-order valence-electron chi connectivity index (χ2n) is 7.59. The minimum atomic E-state index is -0.230. The van der Waals surface area contributed by atoms with Crippen molar-refractivity contribution >= 4 is 11.6 Å². The molecule has 164 valence electrons. The van der Waals surface area contributed by atoms with Gasteiger partial charge in [0, 0.05) is 32.7 Å². The Hall–Kier alpha value is -3.24. The molecule has 7 heteroatoms. The van der Waals surface area contributed by atoms with Crippen molar-refractivity contribution in [2.75, 3.05) is 45.3 Å². The smallest absolute Gasteiger partial charge is 0.237 e. The molecule has 1 amide bonds. The zero-order valence-corrected chi connectivity index (χ0v) is 18.4. The predicted octanol–water partition coefficient (Wildman–Crippen LogP) is 2.79. The number of carbonyl (C=O) groups excluding carboxylic acids is 1. The number of benzene rings is 2. The van der Waals surface area contributed by atoms with Gasteiger partial charge in [0.1, 0.15) is 6.07 Å². The van der Waals surface area contributed by atoms with Crippen LogP contribution in [0.1, 0.15) is 24.5 Å². The summed E-state index contributed by atoms with van der Waals surface area (Å²) in [4.78, 5) is 17.2. The highest BCUT2D eigenvalue weighted by Gasteiger charge is 2.24. The molecule has 0 radical (unpaired) electrons. The molecule has 3 rings (SSSR count). The molecule has 0 aromatic heterocycles. The van der Waals surface area contributed by atoms with E-state index in [1.54, 1.807) is 14.2 Å². The summed E-state index contributed by atoms with van der Waals surface area (Å²) in [6.07, 6.45) is 0.938. The number of rotatable bonds is 7. The molecule has 2 aromatic carbocycles. The van der Waals surface area contributed by atoms with Crippen molar-refractivity contribution in [1.82, 2.24) is 10.2 Å². The van der Waals surface area contributed by atoms with Crippen molar-refractivity contribution in [3.63, 3.8) is 0 Å². The lowest BCUT2D eigenvalue weighted by Gasteiger charge is -2.27. The molecule has 31 heavy (non-hydrogen) atoms. The van der Waals surface area contributed by atoms with Gasteiger partial charge in [-0.3, -0.25) is 9.69 Å². The second-order valence-corrected chi connectivity index (χ2v) is 7.59. The normalized spacial score (nSPS) is 15.5. The Balaban J connectivity index is 1.57. The maximum Gasteiger partial charge on any atom is 0.237 e. The zero-order valence-electron chi connectivity index (χ0n) is 18.4. The van der Waals surface area contributed by atoms with Crippen LogP contribution >= 0.6 is 0 Å². The zero-order chi connectivity index (χ0) is 22.2. The van der Waals surface area contributed by atoms with E-state index in [1.807, 2.05) is 49.4 Å². The number of para-hydroxylation sites is 1. The van der Waals surface area contributed by atoms with Crippen molar-refractivity contribution < 1.29 is 14.3 Å². The second kappa shape index (κ2) is 10.7. The molecule has 1 saturated heterocycles. The topological polar surface area (TPSA) is 77.8 Å². The Labute approximate surface area is 184 Å². The van der Waals surface area contributed by atoms with Crippen LogP contribution < -0.4 is 19.7 Å². The Morgan fingerprint density at radius 3 is 2.61 bits per heavy atom. The van der Waals surface area contributed by atoms with E-state index in [0.29, 0.717) is 23.6 Å². The molecule has 0 aliphatic carbocycles. The molecule has 1 unspecified atom stereocenters. The van der Waals surface area contributed by atoms with E-state index in [2.05, 4.69) is 21.2 Å². The minimum absolute atomic E-state index is 0.000611. The minimum Gasteiger partial charge on any atom is -0.493 e. The van der Waals surface area contributed by atoms with Crippen LogP contribution in [-0.2, 0) is 11.3 Å². The summed E-state index contributed by atoms with van der Waals surface area (Å²) < 4.78 is 10.6. The molecule has 0 saturated carbocycles. The number of nitrogens with zero attached hydrogens (tertiary/aromatic N) is 3. The van der Waals surface area contributed by atoms with E-state index in [1.165, 1.54) is 0 Å². The van der Waals surface area contributed by atoms with Crippen LogP contribution in [0, 0.1) is 11.3 Å². The molecule has 7 nitrogen and oxygen atoms in total. The number of nitriles is 1. The third-order valence-electron chi connectivity index (χ3n) is 5.74. The first-order valence-corrected chi connectivity index (χ1v) is 10.5. The van der Waals surface area contributed by atoms with Gasteiger partial charge >= 0.3 is 0 Å². The number of methoxy groups -OCH3 is 2. The van der Waals surface area contributed by atoms with Crippen molar-refractivity contribution in [3.8, 4) is 17.6 Å². The van der Waals surface area contributed by atoms with Gasteiger partial charge in [-0.2, -0.15) is 5.26 Å². The largest absolute Gasteiger partial charge is 0.493 e. The van der Waals surface area contributed by atoms with Gasteiger partial charge in [-0.15, -0.1) is 0 Å². The maximum atomic E-state index is 12.8. The van der Waals surface area contributed by atoms with Gasteiger partial charge in [0.2, 0.25) is 5.91 Å². The van der Waals surface area contributed by atoms with E-state index < -0.39 is 0 Å². The van der Waals surface area contributed by atoms with Gasteiger partial charge in [-0.1, -0.05) is 18.2 Å². The van der Waals surface area contributed by atoms with Crippen molar-refractivity contribution in [2.24, 2.45) is 0 Å². The van der Waals surface area contributed by atoms with Crippen LogP contribution in [0.15, 0.2) is 42.5 Å². The number of hydrogen-bond donors (Lipinski definition) is 1. The van der Waals surface area contributed by atoms with Crippen LogP contribution in [0.2, 0.25) is 0 Å². The molecule has 1 heterocycles. The Bertz CT molecular complexity index is 941. The van der Waals surface area contributed by atoms with Crippen molar-refractivity contribution in [3.05, 3.63) is 53.6 Å². The number of anilines is 1.